The molecule has 0 spiro atoms. The van der Waals surface area contributed by atoms with Crippen LogP contribution >= 0.6 is 0 Å². The van der Waals surface area contributed by atoms with Crippen LogP contribution in [0.4, 0.5) is 0 Å². The first kappa shape index (κ1) is 14.5. The number of ether oxygens (including phenoxy) is 2. The summed E-state index contributed by atoms with van der Waals surface area (Å²) in [6.07, 6.45) is 1.20. The zero-order chi connectivity index (χ0) is 13.4. The Hall–Kier alpha value is -1.55. The van der Waals surface area contributed by atoms with Gasteiger partial charge in [-0.1, -0.05) is 25.1 Å². The lowest BCUT2D eigenvalue weighted by Gasteiger charge is -2.19. The lowest BCUT2D eigenvalue weighted by Crippen LogP contribution is -2.28. The van der Waals surface area contributed by atoms with Crippen LogP contribution in [0.5, 0.6) is 5.75 Å². The summed E-state index contributed by atoms with van der Waals surface area (Å²) >= 11 is 0. The van der Waals surface area contributed by atoms with Gasteiger partial charge in [0.2, 0.25) is 5.91 Å². The fourth-order valence-corrected chi connectivity index (χ4v) is 1.77. The van der Waals surface area contributed by atoms with E-state index in [0.717, 1.165) is 17.7 Å². The average molecular weight is 251 g/mol. The Bertz CT molecular complexity index is 379. The van der Waals surface area contributed by atoms with E-state index in [-0.39, 0.29) is 12.0 Å². The molecule has 1 N–H and O–H groups in total. The molecule has 1 unspecified atom stereocenters. The quantitative estimate of drug-likeness (QED) is 0.809. The van der Waals surface area contributed by atoms with E-state index in [0.29, 0.717) is 13.0 Å². The van der Waals surface area contributed by atoms with E-state index >= 15 is 0 Å². The van der Waals surface area contributed by atoms with E-state index in [1.807, 2.05) is 31.2 Å². The van der Waals surface area contributed by atoms with E-state index in [4.69, 9.17) is 9.47 Å². The first-order chi connectivity index (χ1) is 8.72. The van der Waals surface area contributed by atoms with Crippen LogP contribution in [0.3, 0.4) is 0 Å². The largest absolute Gasteiger partial charge is 0.496 e. The molecular formula is C14H21NO3. The van der Waals surface area contributed by atoms with Crippen molar-refractivity contribution in [3.8, 4) is 5.75 Å². The van der Waals surface area contributed by atoms with Crippen LogP contribution in [0.2, 0.25) is 0 Å². The minimum absolute atomic E-state index is 0.0504. The van der Waals surface area contributed by atoms with E-state index < -0.39 is 0 Å². The van der Waals surface area contributed by atoms with E-state index in [9.17, 15) is 4.79 Å². The van der Waals surface area contributed by atoms with Crippen LogP contribution < -0.4 is 10.1 Å². The molecular weight excluding hydrogens is 230 g/mol. The Balaban J connectivity index is 2.68. The predicted molar refractivity (Wildman–Crippen MR) is 70.7 cm³/mol. The number of carbonyl (C=O) groups is 1. The predicted octanol–water partition coefficient (Wildman–Crippen LogP) is 2.30. The molecule has 1 amide bonds. The number of benzene rings is 1. The molecule has 0 aliphatic carbocycles. The summed E-state index contributed by atoms with van der Waals surface area (Å²) in [5.41, 5.74) is 0.944. The van der Waals surface area contributed by atoms with Crippen molar-refractivity contribution in [2.45, 2.75) is 25.9 Å². The molecule has 0 saturated carbocycles. The lowest BCUT2D eigenvalue weighted by atomic mass is 10.1. The number of hydrogen-bond acceptors (Lipinski definition) is 3. The summed E-state index contributed by atoms with van der Waals surface area (Å²) in [7, 11) is 3.25. The highest BCUT2D eigenvalue weighted by atomic mass is 16.5. The third kappa shape index (κ3) is 4.04. The van der Waals surface area contributed by atoms with Crippen molar-refractivity contribution < 1.29 is 14.3 Å². The van der Waals surface area contributed by atoms with Crippen LogP contribution in [-0.4, -0.2) is 26.7 Å². The molecule has 0 saturated heterocycles. The molecule has 100 valence electrons. The molecule has 0 heterocycles. The summed E-state index contributed by atoms with van der Waals surface area (Å²) in [5.74, 6) is 0.823. The van der Waals surface area contributed by atoms with Crippen molar-refractivity contribution in [2.75, 3.05) is 20.8 Å². The minimum Gasteiger partial charge on any atom is -0.496 e. The van der Waals surface area contributed by atoms with E-state index in [1.165, 1.54) is 0 Å². The maximum Gasteiger partial charge on any atom is 0.220 e. The fourth-order valence-electron chi connectivity index (χ4n) is 1.77. The SMILES string of the molecule is CCCC(=O)NCC(OC)c1ccccc1OC. The van der Waals surface area contributed by atoms with Crippen LogP contribution in [0, 0.1) is 0 Å². The van der Waals surface area contributed by atoms with E-state index in [2.05, 4.69) is 5.32 Å². The number of amides is 1. The number of hydrogen-bond donors (Lipinski definition) is 1. The first-order valence-corrected chi connectivity index (χ1v) is 6.15. The number of rotatable bonds is 7. The van der Waals surface area contributed by atoms with Crippen molar-refractivity contribution in [3.05, 3.63) is 29.8 Å². The maximum atomic E-state index is 11.5. The highest BCUT2D eigenvalue weighted by Gasteiger charge is 2.15. The number of nitrogens with one attached hydrogen (secondary N) is 1. The number of carbonyl (C=O) groups excluding carboxylic acids is 1. The third-order valence-electron chi connectivity index (χ3n) is 2.73. The summed E-state index contributed by atoms with van der Waals surface area (Å²) in [6, 6.07) is 7.66. The van der Waals surface area contributed by atoms with Crippen molar-refractivity contribution >= 4 is 5.91 Å². The van der Waals surface area contributed by atoms with Gasteiger partial charge in [-0.2, -0.15) is 0 Å². The molecule has 4 heteroatoms. The van der Waals surface area contributed by atoms with Crippen molar-refractivity contribution in [3.63, 3.8) is 0 Å². The van der Waals surface area contributed by atoms with Gasteiger partial charge in [-0.3, -0.25) is 4.79 Å². The van der Waals surface area contributed by atoms with Gasteiger partial charge in [-0.15, -0.1) is 0 Å². The fraction of sp³-hybridized carbons (Fsp3) is 0.500. The Labute approximate surface area is 108 Å². The van der Waals surface area contributed by atoms with Crippen molar-refractivity contribution in [1.82, 2.24) is 5.32 Å². The summed E-state index contributed by atoms with van der Waals surface area (Å²) in [6.45, 7) is 2.43. The van der Waals surface area contributed by atoms with Gasteiger partial charge in [0.1, 0.15) is 11.9 Å². The molecule has 0 aliphatic heterocycles. The van der Waals surface area contributed by atoms with Gasteiger partial charge in [0.05, 0.1) is 7.11 Å². The Morgan fingerprint density at radius 3 is 2.67 bits per heavy atom. The molecule has 0 aromatic heterocycles. The second-order valence-electron chi connectivity index (χ2n) is 4.02. The van der Waals surface area contributed by atoms with Gasteiger partial charge in [-0.05, 0) is 12.5 Å². The van der Waals surface area contributed by atoms with Gasteiger partial charge >= 0.3 is 0 Å². The summed E-state index contributed by atoms with van der Waals surface area (Å²) in [4.78, 5) is 11.5. The Morgan fingerprint density at radius 2 is 2.06 bits per heavy atom. The van der Waals surface area contributed by atoms with E-state index in [1.54, 1.807) is 14.2 Å². The molecule has 18 heavy (non-hydrogen) atoms. The molecule has 0 radical (unpaired) electrons. The zero-order valence-corrected chi connectivity index (χ0v) is 11.2. The zero-order valence-electron chi connectivity index (χ0n) is 11.2. The molecule has 1 aromatic carbocycles. The highest BCUT2D eigenvalue weighted by molar-refractivity contribution is 5.75. The molecule has 0 bridgehead atoms. The topological polar surface area (TPSA) is 47.6 Å². The maximum absolute atomic E-state index is 11.5. The monoisotopic (exact) mass is 251 g/mol. The molecule has 1 atom stereocenters. The Kier molecular flexibility index (Phi) is 6.22. The minimum atomic E-state index is -0.193. The number of methoxy groups -OCH3 is 2. The van der Waals surface area contributed by atoms with Crippen LogP contribution in [0.15, 0.2) is 24.3 Å². The molecule has 1 rings (SSSR count). The van der Waals surface area contributed by atoms with Gasteiger partial charge in [0.15, 0.2) is 0 Å². The van der Waals surface area contributed by atoms with Gasteiger partial charge < -0.3 is 14.8 Å². The summed E-state index contributed by atoms with van der Waals surface area (Å²) in [5, 5.41) is 2.86. The normalized spacial score (nSPS) is 11.9. The molecule has 1 aromatic rings. The summed E-state index contributed by atoms with van der Waals surface area (Å²) < 4.78 is 10.7. The lowest BCUT2D eigenvalue weighted by molar-refractivity contribution is -0.121. The average Bonchev–Trinajstić information content (AvgIpc) is 2.40. The Morgan fingerprint density at radius 1 is 1.33 bits per heavy atom. The van der Waals surface area contributed by atoms with Crippen molar-refractivity contribution in [2.24, 2.45) is 0 Å². The van der Waals surface area contributed by atoms with Crippen LogP contribution in [-0.2, 0) is 9.53 Å². The standard InChI is InChI=1S/C14H21NO3/c1-4-7-14(16)15-10-13(18-3)11-8-5-6-9-12(11)17-2/h5-6,8-9,13H,4,7,10H2,1-3H3,(H,15,16). The second kappa shape index (κ2) is 7.71. The van der Waals surface area contributed by atoms with Crippen molar-refractivity contribution in [1.29, 1.82) is 0 Å². The van der Waals surface area contributed by atoms with Gasteiger partial charge in [0, 0.05) is 25.6 Å². The van der Waals surface area contributed by atoms with Crippen LogP contribution in [0.1, 0.15) is 31.4 Å². The molecule has 0 fully saturated rings. The first-order valence-electron chi connectivity index (χ1n) is 6.15. The number of para-hydroxylation sites is 1. The van der Waals surface area contributed by atoms with Crippen LogP contribution in [0.25, 0.3) is 0 Å². The smallest absolute Gasteiger partial charge is 0.220 e. The van der Waals surface area contributed by atoms with Gasteiger partial charge in [-0.25, -0.2) is 0 Å². The molecule has 0 aliphatic rings. The second-order valence-corrected chi connectivity index (χ2v) is 4.02. The molecule has 4 nitrogen and oxygen atoms in total. The van der Waals surface area contributed by atoms with Gasteiger partial charge in [0.25, 0.3) is 0 Å². The third-order valence-corrected chi connectivity index (χ3v) is 2.73. The highest BCUT2D eigenvalue weighted by Crippen LogP contribution is 2.26.